The Labute approximate surface area is 100 Å². The monoisotopic (exact) mass is 245 g/mol. The highest BCUT2D eigenvalue weighted by Gasteiger charge is 2.28. The van der Waals surface area contributed by atoms with Crippen LogP contribution >= 0.6 is 0 Å². The molecular formula is C11H19NO5. The fraction of sp³-hybridized carbons (Fsp3) is 0.818. The van der Waals surface area contributed by atoms with Gasteiger partial charge in [0.25, 0.3) is 0 Å². The molecule has 0 aromatic rings. The molecule has 0 aliphatic heterocycles. The van der Waals surface area contributed by atoms with Gasteiger partial charge >= 0.3 is 12.1 Å². The zero-order valence-electron chi connectivity index (χ0n) is 10.4. The van der Waals surface area contributed by atoms with Gasteiger partial charge in [0, 0.05) is 0 Å². The van der Waals surface area contributed by atoms with Gasteiger partial charge in [0.2, 0.25) is 0 Å². The number of rotatable bonds is 5. The van der Waals surface area contributed by atoms with Crippen molar-refractivity contribution in [3.8, 4) is 0 Å². The number of carboxylic acid groups (broad SMARTS) is 1. The Bertz CT molecular complexity index is 293. The SMILES string of the molecule is CC(C)(C)OC(=O)N[C@H](COC1CC1)C(=O)O. The van der Waals surface area contributed by atoms with Gasteiger partial charge in [0.15, 0.2) is 6.04 Å². The largest absolute Gasteiger partial charge is 0.480 e. The summed E-state index contributed by atoms with van der Waals surface area (Å²) in [5.74, 6) is -1.13. The Hall–Kier alpha value is -1.30. The van der Waals surface area contributed by atoms with E-state index in [2.05, 4.69) is 5.32 Å². The minimum atomic E-state index is -1.13. The highest BCUT2D eigenvalue weighted by molar-refractivity contribution is 5.80. The Morgan fingerprint density at radius 3 is 2.41 bits per heavy atom. The number of nitrogens with one attached hydrogen (secondary N) is 1. The van der Waals surface area contributed by atoms with Gasteiger partial charge in [-0.15, -0.1) is 0 Å². The summed E-state index contributed by atoms with van der Waals surface area (Å²) in [4.78, 5) is 22.3. The van der Waals surface area contributed by atoms with Crippen LogP contribution in [0.2, 0.25) is 0 Å². The van der Waals surface area contributed by atoms with Crippen LogP contribution in [-0.4, -0.2) is 41.5 Å². The smallest absolute Gasteiger partial charge is 0.408 e. The molecule has 6 nitrogen and oxygen atoms in total. The molecule has 1 aliphatic rings. The fourth-order valence-corrected chi connectivity index (χ4v) is 1.09. The topological polar surface area (TPSA) is 84.9 Å². The molecule has 1 aliphatic carbocycles. The highest BCUT2D eigenvalue weighted by atomic mass is 16.6. The molecule has 17 heavy (non-hydrogen) atoms. The van der Waals surface area contributed by atoms with Gasteiger partial charge in [-0.1, -0.05) is 0 Å². The maximum Gasteiger partial charge on any atom is 0.408 e. The lowest BCUT2D eigenvalue weighted by Crippen LogP contribution is -2.46. The maximum atomic E-state index is 11.4. The summed E-state index contributed by atoms with van der Waals surface area (Å²) >= 11 is 0. The number of carbonyl (C=O) groups is 2. The predicted molar refractivity (Wildman–Crippen MR) is 59.8 cm³/mol. The zero-order chi connectivity index (χ0) is 13.1. The van der Waals surface area contributed by atoms with Crippen molar-refractivity contribution in [3.63, 3.8) is 0 Å². The average molecular weight is 245 g/mol. The summed E-state index contributed by atoms with van der Waals surface area (Å²) in [6.07, 6.45) is 1.32. The van der Waals surface area contributed by atoms with E-state index in [1.807, 2.05) is 0 Å². The van der Waals surface area contributed by atoms with Gasteiger partial charge in [-0.2, -0.15) is 0 Å². The number of ether oxygens (including phenoxy) is 2. The number of carbonyl (C=O) groups excluding carboxylic acids is 1. The van der Waals surface area contributed by atoms with Crippen LogP contribution in [0.3, 0.4) is 0 Å². The Kier molecular flexibility index (Phi) is 4.34. The highest BCUT2D eigenvalue weighted by Crippen LogP contribution is 2.23. The molecule has 0 spiro atoms. The van der Waals surface area contributed by atoms with Crippen molar-refractivity contribution in [2.75, 3.05) is 6.61 Å². The van der Waals surface area contributed by atoms with Crippen molar-refractivity contribution in [1.29, 1.82) is 0 Å². The van der Waals surface area contributed by atoms with Gasteiger partial charge in [-0.3, -0.25) is 0 Å². The molecule has 0 heterocycles. The fourth-order valence-electron chi connectivity index (χ4n) is 1.09. The lowest BCUT2D eigenvalue weighted by atomic mass is 10.2. The van der Waals surface area contributed by atoms with E-state index in [1.54, 1.807) is 20.8 Å². The quantitative estimate of drug-likeness (QED) is 0.758. The number of hydrogen-bond acceptors (Lipinski definition) is 4. The number of amides is 1. The molecule has 0 saturated heterocycles. The van der Waals surface area contributed by atoms with E-state index in [0.717, 1.165) is 12.8 Å². The second-order valence-electron chi connectivity index (χ2n) is 5.07. The first-order valence-electron chi connectivity index (χ1n) is 5.62. The summed E-state index contributed by atoms with van der Waals surface area (Å²) in [6, 6.07) is -1.06. The van der Waals surface area contributed by atoms with Crippen LogP contribution < -0.4 is 5.32 Å². The van der Waals surface area contributed by atoms with E-state index in [0.29, 0.717) is 0 Å². The first-order valence-corrected chi connectivity index (χ1v) is 5.62. The van der Waals surface area contributed by atoms with E-state index in [9.17, 15) is 9.59 Å². The standard InChI is InChI=1S/C11H19NO5/c1-11(2,3)17-10(15)12-8(9(13)14)6-16-7-4-5-7/h7-8H,4-6H2,1-3H3,(H,12,15)(H,13,14)/t8-/m1/s1. The summed E-state index contributed by atoms with van der Waals surface area (Å²) in [5.41, 5.74) is -0.648. The summed E-state index contributed by atoms with van der Waals surface area (Å²) in [6.45, 7) is 5.11. The van der Waals surface area contributed by atoms with Crippen LogP contribution in [0.1, 0.15) is 33.6 Å². The third kappa shape index (κ3) is 6.11. The lowest BCUT2D eigenvalue weighted by Gasteiger charge is -2.21. The number of alkyl carbamates (subject to hydrolysis) is 1. The maximum absolute atomic E-state index is 11.4. The number of carboxylic acids is 1. The molecule has 1 rings (SSSR count). The van der Waals surface area contributed by atoms with E-state index < -0.39 is 23.7 Å². The Balaban J connectivity index is 2.36. The molecule has 1 atom stereocenters. The van der Waals surface area contributed by atoms with Gasteiger partial charge in [0.1, 0.15) is 5.60 Å². The minimum Gasteiger partial charge on any atom is -0.480 e. The Morgan fingerprint density at radius 1 is 1.41 bits per heavy atom. The first kappa shape index (κ1) is 13.8. The second kappa shape index (κ2) is 5.35. The average Bonchev–Trinajstić information content (AvgIpc) is 2.91. The van der Waals surface area contributed by atoms with Crippen LogP contribution in [0.25, 0.3) is 0 Å². The van der Waals surface area contributed by atoms with Crippen LogP contribution in [-0.2, 0) is 14.3 Å². The van der Waals surface area contributed by atoms with Crippen molar-refractivity contribution in [2.24, 2.45) is 0 Å². The summed E-state index contributed by atoms with van der Waals surface area (Å²) in [7, 11) is 0. The van der Waals surface area contributed by atoms with Crippen molar-refractivity contribution in [1.82, 2.24) is 5.32 Å². The molecule has 2 N–H and O–H groups in total. The Morgan fingerprint density at radius 2 is 2.00 bits per heavy atom. The summed E-state index contributed by atoms with van der Waals surface area (Å²) in [5, 5.41) is 11.2. The van der Waals surface area contributed by atoms with E-state index in [4.69, 9.17) is 14.6 Å². The zero-order valence-corrected chi connectivity index (χ0v) is 10.4. The normalized spacial score (nSPS) is 17.4. The molecule has 0 radical (unpaired) electrons. The minimum absolute atomic E-state index is 0.0285. The molecule has 0 aromatic carbocycles. The lowest BCUT2D eigenvalue weighted by molar-refractivity contribution is -0.141. The van der Waals surface area contributed by atoms with Crippen LogP contribution in [0.4, 0.5) is 4.79 Å². The van der Waals surface area contributed by atoms with Crippen molar-refractivity contribution < 1.29 is 24.2 Å². The third-order valence-electron chi connectivity index (χ3n) is 2.01. The molecular weight excluding hydrogens is 226 g/mol. The molecule has 1 saturated carbocycles. The second-order valence-corrected chi connectivity index (χ2v) is 5.07. The van der Waals surface area contributed by atoms with E-state index in [1.165, 1.54) is 0 Å². The van der Waals surface area contributed by atoms with Crippen molar-refractivity contribution in [3.05, 3.63) is 0 Å². The number of aliphatic carboxylic acids is 1. The summed E-state index contributed by atoms with van der Waals surface area (Å²) < 4.78 is 10.2. The van der Waals surface area contributed by atoms with Crippen LogP contribution in [0, 0.1) is 0 Å². The first-order chi connectivity index (χ1) is 7.78. The van der Waals surface area contributed by atoms with Crippen LogP contribution in [0.15, 0.2) is 0 Å². The van der Waals surface area contributed by atoms with Gasteiger partial charge in [-0.05, 0) is 33.6 Å². The predicted octanol–water partition coefficient (Wildman–Crippen LogP) is 1.14. The molecule has 6 heteroatoms. The molecule has 98 valence electrons. The van der Waals surface area contributed by atoms with Gasteiger partial charge in [-0.25, -0.2) is 9.59 Å². The number of hydrogen-bond donors (Lipinski definition) is 2. The molecule has 0 aromatic heterocycles. The molecule has 1 amide bonds. The molecule has 0 bridgehead atoms. The van der Waals surface area contributed by atoms with E-state index in [-0.39, 0.29) is 12.7 Å². The molecule has 0 unspecified atom stereocenters. The van der Waals surface area contributed by atoms with Crippen molar-refractivity contribution >= 4 is 12.1 Å². The van der Waals surface area contributed by atoms with Crippen LogP contribution in [0.5, 0.6) is 0 Å². The van der Waals surface area contributed by atoms with Crippen molar-refractivity contribution in [2.45, 2.75) is 51.4 Å². The van der Waals surface area contributed by atoms with E-state index >= 15 is 0 Å². The third-order valence-corrected chi connectivity index (χ3v) is 2.01. The van der Waals surface area contributed by atoms with Gasteiger partial charge < -0.3 is 19.9 Å². The van der Waals surface area contributed by atoms with Gasteiger partial charge in [0.05, 0.1) is 12.7 Å². The molecule has 1 fully saturated rings.